The van der Waals surface area contributed by atoms with Crippen LogP contribution in [0.3, 0.4) is 0 Å². The molecule has 1 atom stereocenters. The fourth-order valence-electron chi connectivity index (χ4n) is 3.08. The summed E-state index contributed by atoms with van der Waals surface area (Å²) in [6.45, 7) is 7.25. The van der Waals surface area contributed by atoms with E-state index < -0.39 is 6.10 Å². The molecule has 0 saturated heterocycles. The second kappa shape index (κ2) is 10.8. The van der Waals surface area contributed by atoms with Crippen molar-refractivity contribution in [2.45, 2.75) is 33.3 Å². The lowest BCUT2D eigenvalue weighted by Gasteiger charge is -2.26. The number of aliphatic hydroxyl groups is 1. The minimum atomic E-state index is -0.753. The summed E-state index contributed by atoms with van der Waals surface area (Å²) in [5, 5.41) is 13.3. The highest BCUT2D eigenvalue weighted by molar-refractivity contribution is 5.95. The number of hydrogen-bond acceptors (Lipinski definition) is 4. The first-order valence-electron chi connectivity index (χ1n) is 9.81. The van der Waals surface area contributed by atoms with Crippen LogP contribution < -0.4 is 5.32 Å². The van der Waals surface area contributed by atoms with Crippen LogP contribution in [0.25, 0.3) is 0 Å². The van der Waals surface area contributed by atoms with Crippen molar-refractivity contribution in [1.82, 2.24) is 4.90 Å². The number of hydrogen-bond donors (Lipinski definition) is 2. The summed E-state index contributed by atoms with van der Waals surface area (Å²) in [5.41, 5.74) is 1.89. The summed E-state index contributed by atoms with van der Waals surface area (Å²) in [6, 6.07) is 12.6. The van der Waals surface area contributed by atoms with Crippen molar-refractivity contribution in [1.29, 1.82) is 0 Å². The Bertz CT molecular complexity index is 804. The summed E-state index contributed by atoms with van der Waals surface area (Å²) < 4.78 is 13.1. The van der Waals surface area contributed by atoms with Gasteiger partial charge in [-0.25, -0.2) is 4.39 Å². The number of rotatable bonds is 10. The van der Waals surface area contributed by atoms with Crippen LogP contribution >= 0.6 is 0 Å². The predicted molar refractivity (Wildman–Crippen MR) is 112 cm³/mol. The fraction of sp³-hybridized carbons (Fsp3) is 0.391. The Kier molecular flexibility index (Phi) is 8.49. The van der Waals surface area contributed by atoms with Crippen molar-refractivity contribution in [3.63, 3.8) is 0 Å². The first-order valence-corrected chi connectivity index (χ1v) is 9.81. The van der Waals surface area contributed by atoms with Crippen LogP contribution in [0.2, 0.25) is 0 Å². The third kappa shape index (κ3) is 7.75. The first kappa shape index (κ1) is 22.7. The molecule has 0 fully saturated rings. The van der Waals surface area contributed by atoms with Crippen LogP contribution in [0.1, 0.15) is 49.2 Å². The molecule has 156 valence electrons. The maximum Gasteiger partial charge on any atom is 0.225 e. The Labute approximate surface area is 171 Å². The average molecular weight is 400 g/mol. The molecule has 1 unspecified atom stereocenters. The summed E-state index contributed by atoms with van der Waals surface area (Å²) in [5.74, 6) is -0.122. The van der Waals surface area contributed by atoms with Gasteiger partial charge in [0.15, 0.2) is 5.78 Å². The number of aliphatic hydroxyl groups excluding tert-OH is 1. The third-order valence-corrected chi connectivity index (χ3v) is 4.54. The Morgan fingerprint density at radius 1 is 1.03 bits per heavy atom. The predicted octanol–water partition coefficient (Wildman–Crippen LogP) is 4.05. The van der Waals surface area contributed by atoms with Gasteiger partial charge in [-0.05, 0) is 54.8 Å². The zero-order chi connectivity index (χ0) is 21.4. The van der Waals surface area contributed by atoms with Crippen LogP contribution in [0.15, 0.2) is 48.5 Å². The molecule has 0 aromatic heterocycles. The molecule has 0 saturated carbocycles. The topological polar surface area (TPSA) is 69.6 Å². The second-order valence-corrected chi connectivity index (χ2v) is 7.65. The van der Waals surface area contributed by atoms with Crippen LogP contribution in [-0.4, -0.2) is 41.3 Å². The third-order valence-electron chi connectivity index (χ3n) is 4.54. The van der Waals surface area contributed by atoms with E-state index in [1.807, 2.05) is 4.90 Å². The lowest BCUT2D eigenvalue weighted by molar-refractivity contribution is -0.116. The van der Waals surface area contributed by atoms with Crippen molar-refractivity contribution in [2.75, 3.05) is 25.0 Å². The van der Waals surface area contributed by atoms with E-state index >= 15 is 0 Å². The molecule has 0 aliphatic rings. The molecule has 2 N–H and O–H groups in total. The van der Waals surface area contributed by atoms with Gasteiger partial charge in [0.2, 0.25) is 5.91 Å². The molecule has 0 aliphatic heterocycles. The number of Topliss-reactive ketones (excluding diaryl/α,β-unsaturated/α-hetero) is 1. The number of ketones is 1. The molecule has 0 aliphatic carbocycles. The first-order chi connectivity index (χ1) is 13.7. The van der Waals surface area contributed by atoms with Crippen molar-refractivity contribution >= 4 is 17.4 Å². The van der Waals surface area contributed by atoms with E-state index in [9.17, 15) is 19.1 Å². The number of nitrogens with zero attached hydrogens (tertiary/aromatic N) is 1. The Morgan fingerprint density at radius 2 is 1.66 bits per heavy atom. The molecule has 0 radical (unpaired) electrons. The highest BCUT2D eigenvalue weighted by atomic mass is 19.1. The standard InChI is InChI=1S/C23H29FN2O3/c1-16(2)14-26(15-22(28)19-4-8-20(24)9-5-19)13-12-23(29)25-21-10-6-18(7-11-21)17(3)27/h4-11,16,22,28H,12-15H2,1-3H3,(H,25,29). The molecule has 6 heteroatoms. The number of amides is 1. The SMILES string of the molecule is CC(=O)c1ccc(NC(=O)CCN(CC(C)C)CC(O)c2ccc(F)cc2)cc1. The van der Waals surface area contributed by atoms with Crippen LogP contribution in [0.5, 0.6) is 0 Å². The minimum absolute atomic E-state index is 0.0214. The molecule has 1 amide bonds. The summed E-state index contributed by atoms with van der Waals surface area (Å²) >= 11 is 0. The Morgan fingerprint density at radius 3 is 2.21 bits per heavy atom. The number of anilines is 1. The van der Waals surface area contributed by atoms with Gasteiger partial charge in [0.1, 0.15) is 5.82 Å². The smallest absolute Gasteiger partial charge is 0.225 e. The molecule has 0 heterocycles. The van der Waals surface area contributed by atoms with Crippen molar-refractivity contribution in [3.8, 4) is 0 Å². The Hall–Kier alpha value is -2.57. The largest absolute Gasteiger partial charge is 0.387 e. The fourth-order valence-corrected chi connectivity index (χ4v) is 3.08. The highest BCUT2D eigenvalue weighted by Crippen LogP contribution is 2.16. The van der Waals surface area contributed by atoms with E-state index in [1.165, 1.54) is 19.1 Å². The highest BCUT2D eigenvalue weighted by Gasteiger charge is 2.16. The maximum atomic E-state index is 13.1. The molecule has 5 nitrogen and oxygen atoms in total. The van der Waals surface area contributed by atoms with E-state index in [0.29, 0.717) is 35.8 Å². The van der Waals surface area contributed by atoms with E-state index in [4.69, 9.17) is 0 Å². The maximum absolute atomic E-state index is 13.1. The zero-order valence-corrected chi connectivity index (χ0v) is 17.2. The lowest BCUT2D eigenvalue weighted by atomic mass is 10.1. The van der Waals surface area contributed by atoms with E-state index in [-0.39, 0.29) is 23.9 Å². The van der Waals surface area contributed by atoms with Crippen molar-refractivity contribution < 1.29 is 19.1 Å². The summed E-state index contributed by atoms with van der Waals surface area (Å²) in [6.07, 6.45) is -0.478. The molecular formula is C23H29FN2O3. The van der Waals surface area contributed by atoms with Gasteiger partial charge in [-0.2, -0.15) is 0 Å². The van der Waals surface area contributed by atoms with Crippen molar-refractivity contribution in [2.24, 2.45) is 5.92 Å². The lowest BCUT2D eigenvalue weighted by Crippen LogP contribution is -2.34. The molecular weight excluding hydrogens is 371 g/mol. The van der Waals surface area contributed by atoms with Gasteiger partial charge in [-0.15, -0.1) is 0 Å². The quantitative estimate of drug-likeness (QED) is 0.591. The number of carbonyl (C=O) groups is 2. The van der Waals surface area contributed by atoms with Gasteiger partial charge in [0.05, 0.1) is 6.10 Å². The van der Waals surface area contributed by atoms with Gasteiger partial charge in [-0.3, -0.25) is 14.5 Å². The molecule has 2 rings (SSSR count). The molecule has 0 spiro atoms. The second-order valence-electron chi connectivity index (χ2n) is 7.65. The molecule has 0 bridgehead atoms. The summed E-state index contributed by atoms with van der Waals surface area (Å²) in [7, 11) is 0. The zero-order valence-electron chi connectivity index (χ0n) is 17.2. The van der Waals surface area contributed by atoms with Crippen molar-refractivity contribution in [3.05, 3.63) is 65.5 Å². The van der Waals surface area contributed by atoms with Gasteiger partial charge in [0.25, 0.3) is 0 Å². The van der Waals surface area contributed by atoms with E-state index in [1.54, 1.807) is 36.4 Å². The number of nitrogens with one attached hydrogen (secondary N) is 1. The normalized spacial score (nSPS) is 12.2. The van der Waals surface area contributed by atoms with E-state index in [2.05, 4.69) is 19.2 Å². The molecule has 2 aromatic rings. The Balaban J connectivity index is 1.90. The molecule has 2 aromatic carbocycles. The minimum Gasteiger partial charge on any atom is -0.387 e. The van der Waals surface area contributed by atoms with Gasteiger partial charge in [0, 0.05) is 37.3 Å². The number of carbonyl (C=O) groups excluding carboxylic acids is 2. The van der Waals surface area contributed by atoms with Crippen LogP contribution in [-0.2, 0) is 4.79 Å². The van der Waals surface area contributed by atoms with Gasteiger partial charge in [-0.1, -0.05) is 26.0 Å². The molecule has 29 heavy (non-hydrogen) atoms. The summed E-state index contributed by atoms with van der Waals surface area (Å²) in [4.78, 5) is 25.7. The van der Waals surface area contributed by atoms with Gasteiger partial charge < -0.3 is 10.4 Å². The van der Waals surface area contributed by atoms with Gasteiger partial charge >= 0.3 is 0 Å². The average Bonchev–Trinajstić information content (AvgIpc) is 2.66. The van der Waals surface area contributed by atoms with E-state index in [0.717, 1.165) is 6.54 Å². The number of halogens is 1. The monoisotopic (exact) mass is 400 g/mol. The van der Waals surface area contributed by atoms with Crippen LogP contribution in [0, 0.1) is 11.7 Å². The number of benzene rings is 2. The van der Waals surface area contributed by atoms with Crippen LogP contribution in [0.4, 0.5) is 10.1 Å².